The molecule has 2 aromatic rings. The van der Waals surface area contributed by atoms with Crippen molar-refractivity contribution < 1.29 is 9.53 Å². The third-order valence-electron chi connectivity index (χ3n) is 3.58. The summed E-state index contributed by atoms with van der Waals surface area (Å²) in [6.07, 6.45) is 1.69. The Balaban J connectivity index is 1.54. The summed E-state index contributed by atoms with van der Waals surface area (Å²) >= 11 is 0. The zero-order valence-electron chi connectivity index (χ0n) is 13.3. The molecule has 0 spiro atoms. The summed E-state index contributed by atoms with van der Waals surface area (Å²) in [5.74, 6) is -0.152. The Morgan fingerprint density at radius 3 is 2.35 bits per heavy atom. The van der Waals surface area contributed by atoms with Crippen molar-refractivity contribution in [3.05, 3.63) is 71.8 Å². The van der Waals surface area contributed by atoms with Crippen LogP contribution in [0.1, 0.15) is 23.6 Å². The minimum Gasteiger partial charge on any atom is -0.381 e. The minimum absolute atomic E-state index is 0.152. The maximum absolute atomic E-state index is 11.9. The Morgan fingerprint density at radius 1 is 1.00 bits per heavy atom. The molecular formula is C19H24N2O2. The third kappa shape index (κ3) is 6.22. The van der Waals surface area contributed by atoms with Crippen LogP contribution in [0.25, 0.3) is 0 Å². The van der Waals surface area contributed by atoms with E-state index in [9.17, 15) is 4.79 Å². The summed E-state index contributed by atoms with van der Waals surface area (Å²) in [5, 5.41) is 2.85. The van der Waals surface area contributed by atoms with Crippen molar-refractivity contribution in [2.75, 3.05) is 19.8 Å². The van der Waals surface area contributed by atoms with Crippen molar-refractivity contribution in [1.82, 2.24) is 5.32 Å². The molecule has 0 aliphatic rings. The second kappa shape index (κ2) is 9.77. The van der Waals surface area contributed by atoms with E-state index in [-0.39, 0.29) is 5.91 Å². The van der Waals surface area contributed by atoms with Crippen molar-refractivity contribution in [1.29, 1.82) is 0 Å². The molecule has 3 N–H and O–H groups in total. The van der Waals surface area contributed by atoms with Gasteiger partial charge in [-0.15, -0.1) is 0 Å². The van der Waals surface area contributed by atoms with Crippen LogP contribution in [0.4, 0.5) is 0 Å². The Bertz CT molecular complexity index is 572. The summed E-state index contributed by atoms with van der Waals surface area (Å²) in [6, 6.07) is 19.0. The zero-order chi connectivity index (χ0) is 16.3. The normalized spacial score (nSPS) is 11.9. The number of amides is 1. The molecule has 0 aromatic heterocycles. The molecule has 122 valence electrons. The molecule has 1 amide bonds. The van der Waals surface area contributed by atoms with Crippen LogP contribution < -0.4 is 11.1 Å². The molecule has 0 aliphatic heterocycles. The quantitative estimate of drug-likeness (QED) is 0.699. The number of hydrogen-bond acceptors (Lipinski definition) is 3. The van der Waals surface area contributed by atoms with Crippen molar-refractivity contribution in [3.63, 3.8) is 0 Å². The average molecular weight is 312 g/mol. The molecule has 0 fully saturated rings. The SMILES string of the molecule is NC(C(=O)NCCCOCCc1ccccc1)c1ccccc1. The highest BCUT2D eigenvalue weighted by atomic mass is 16.5. The van der Waals surface area contributed by atoms with Gasteiger partial charge in [-0.25, -0.2) is 0 Å². The standard InChI is InChI=1S/C19H24N2O2/c20-18(17-10-5-2-6-11-17)19(22)21-13-7-14-23-15-12-16-8-3-1-4-9-16/h1-6,8-11,18H,7,12-15,20H2,(H,21,22). The molecule has 0 heterocycles. The van der Waals surface area contributed by atoms with E-state index < -0.39 is 6.04 Å². The molecule has 0 radical (unpaired) electrons. The molecule has 2 rings (SSSR count). The van der Waals surface area contributed by atoms with E-state index in [0.29, 0.717) is 19.8 Å². The lowest BCUT2D eigenvalue weighted by atomic mass is 10.1. The van der Waals surface area contributed by atoms with Crippen LogP contribution in [0.2, 0.25) is 0 Å². The number of carbonyl (C=O) groups is 1. The summed E-state index contributed by atoms with van der Waals surface area (Å²) in [4.78, 5) is 11.9. The number of ether oxygens (including phenoxy) is 1. The number of nitrogens with two attached hydrogens (primary N) is 1. The number of carbonyl (C=O) groups excluding carboxylic acids is 1. The van der Waals surface area contributed by atoms with Crippen molar-refractivity contribution in [2.45, 2.75) is 18.9 Å². The zero-order valence-corrected chi connectivity index (χ0v) is 13.3. The van der Waals surface area contributed by atoms with E-state index in [0.717, 1.165) is 18.4 Å². The molecule has 1 unspecified atom stereocenters. The first-order chi connectivity index (χ1) is 11.3. The van der Waals surface area contributed by atoms with Gasteiger partial charge in [-0.3, -0.25) is 4.79 Å². The number of nitrogens with one attached hydrogen (secondary N) is 1. The van der Waals surface area contributed by atoms with Crippen molar-refractivity contribution in [3.8, 4) is 0 Å². The van der Waals surface area contributed by atoms with Crippen molar-refractivity contribution in [2.24, 2.45) is 5.73 Å². The van der Waals surface area contributed by atoms with Gasteiger partial charge in [-0.05, 0) is 24.0 Å². The maximum Gasteiger partial charge on any atom is 0.241 e. The summed E-state index contributed by atoms with van der Waals surface area (Å²) < 4.78 is 5.58. The third-order valence-corrected chi connectivity index (χ3v) is 3.58. The number of hydrogen-bond donors (Lipinski definition) is 2. The molecule has 0 bridgehead atoms. The summed E-state index contributed by atoms with van der Waals surface area (Å²) in [5.41, 5.74) is 8.02. The fraction of sp³-hybridized carbons (Fsp3) is 0.316. The van der Waals surface area contributed by atoms with Crippen LogP contribution in [-0.4, -0.2) is 25.7 Å². The topological polar surface area (TPSA) is 64.4 Å². The minimum atomic E-state index is -0.616. The predicted molar refractivity (Wildman–Crippen MR) is 92.0 cm³/mol. The Kier molecular flexibility index (Phi) is 7.30. The maximum atomic E-state index is 11.9. The highest BCUT2D eigenvalue weighted by Gasteiger charge is 2.14. The molecular weight excluding hydrogens is 288 g/mol. The Morgan fingerprint density at radius 2 is 1.65 bits per heavy atom. The van der Waals surface area contributed by atoms with E-state index in [1.54, 1.807) is 0 Å². The molecule has 2 aromatic carbocycles. The largest absolute Gasteiger partial charge is 0.381 e. The van der Waals surface area contributed by atoms with Crippen LogP contribution in [0.15, 0.2) is 60.7 Å². The molecule has 1 atom stereocenters. The van der Waals surface area contributed by atoms with Crippen LogP contribution in [0, 0.1) is 0 Å². The molecule has 0 saturated heterocycles. The lowest BCUT2D eigenvalue weighted by Gasteiger charge is -2.12. The monoisotopic (exact) mass is 312 g/mol. The van der Waals surface area contributed by atoms with Crippen LogP contribution in [0.3, 0.4) is 0 Å². The van der Waals surface area contributed by atoms with Gasteiger partial charge in [0.25, 0.3) is 0 Å². The second-order valence-electron chi connectivity index (χ2n) is 5.38. The fourth-order valence-electron chi connectivity index (χ4n) is 2.24. The van der Waals surface area contributed by atoms with E-state index >= 15 is 0 Å². The molecule has 0 saturated carbocycles. The van der Waals surface area contributed by atoms with Gasteiger partial charge in [0.15, 0.2) is 0 Å². The highest BCUT2D eigenvalue weighted by molar-refractivity contribution is 5.82. The van der Waals surface area contributed by atoms with Gasteiger partial charge >= 0.3 is 0 Å². The summed E-state index contributed by atoms with van der Waals surface area (Å²) in [7, 11) is 0. The first kappa shape index (κ1) is 17.2. The van der Waals surface area contributed by atoms with E-state index in [2.05, 4.69) is 17.4 Å². The van der Waals surface area contributed by atoms with E-state index in [4.69, 9.17) is 10.5 Å². The molecule has 4 nitrogen and oxygen atoms in total. The lowest BCUT2D eigenvalue weighted by Crippen LogP contribution is -2.34. The second-order valence-corrected chi connectivity index (χ2v) is 5.38. The average Bonchev–Trinajstić information content (AvgIpc) is 2.61. The van der Waals surface area contributed by atoms with Gasteiger partial charge < -0.3 is 15.8 Å². The Labute approximate surface area is 137 Å². The van der Waals surface area contributed by atoms with E-state index in [1.807, 2.05) is 48.5 Å². The first-order valence-electron chi connectivity index (χ1n) is 7.97. The highest BCUT2D eigenvalue weighted by Crippen LogP contribution is 2.09. The fourth-order valence-corrected chi connectivity index (χ4v) is 2.24. The molecule has 4 heteroatoms. The van der Waals surface area contributed by atoms with Gasteiger partial charge in [-0.2, -0.15) is 0 Å². The summed E-state index contributed by atoms with van der Waals surface area (Å²) in [6.45, 7) is 1.90. The predicted octanol–water partition coefficient (Wildman–Crippen LogP) is 2.45. The Hall–Kier alpha value is -2.17. The van der Waals surface area contributed by atoms with Gasteiger partial charge in [0.1, 0.15) is 6.04 Å². The van der Waals surface area contributed by atoms with Gasteiger partial charge in [0.05, 0.1) is 6.61 Å². The number of rotatable bonds is 9. The lowest BCUT2D eigenvalue weighted by molar-refractivity contribution is -0.122. The van der Waals surface area contributed by atoms with Gasteiger partial charge in [-0.1, -0.05) is 60.7 Å². The van der Waals surface area contributed by atoms with E-state index in [1.165, 1.54) is 5.56 Å². The first-order valence-corrected chi connectivity index (χ1v) is 7.97. The smallest absolute Gasteiger partial charge is 0.241 e. The molecule has 23 heavy (non-hydrogen) atoms. The van der Waals surface area contributed by atoms with Crippen molar-refractivity contribution >= 4 is 5.91 Å². The van der Waals surface area contributed by atoms with Crippen LogP contribution in [-0.2, 0) is 16.0 Å². The molecule has 0 aliphatic carbocycles. The van der Waals surface area contributed by atoms with Crippen LogP contribution in [0.5, 0.6) is 0 Å². The number of benzene rings is 2. The van der Waals surface area contributed by atoms with Gasteiger partial charge in [0.2, 0.25) is 5.91 Å². The van der Waals surface area contributed by atoms with Gasteiger partial charge in [0, 0.05) is 13.2 Å². The van der Waals surface area contributed by atoms with Crippen LogP contribution >= 0.6 is 0 Å².